The number of fused-ring (bicyclic) bond motifs is 2. The average Bonchev–Trinajstić information content (AvgIpc) is 3.12. The maximum Gasteiger partial charge on any atom is 0.340 e. The number of methoxy groups -OCH3 is 1. The number of pyridine rings is 1. The second-order valence-corrected chi connectivity index (χ2v) is 6.51. The molecule has 0 bridgehead atoms. The Hall–Kier alpha value is -3.65. The maximum atomic E-state index is 12.7. The molecule has 1 aromatic heterocycles. The van der Waals surface area contributed by atoms with Crippen molar-refractivity contribution in [2.45, 2.75) is 12.8 Å². The van der Waals surface area contributed by atoms with E-state index in [1.165, 1.54) is 0 Å². The molecule has 3 aromatic rings. The van der Waals surface area contributed by atoms with Crippen molar-refractivity contribution in [1.82, 2.24) is 4.98 Å². The molecule has 4 rings (SSSR count). The van der Waals surface area contributed by atoms with E-state index < -0.39 is 5.97 Å². The standard InChI is InChI=1S/C23H18N2O3/c1-27-17-9-6-15(7-10-17)14-16-8-11-19-21(23(26)28-13-12-24)18-4-2-3-5-20(18)25-22(16)19/h2-7,9-10,14H,8,11,13H2,1H3/b16-14+. The molecule has 1 aliphatic rings. The van der Waals surface area contributed by atoms with Crippen LogP contribution in [0.3, 0.4) is 0 Å². The van der Waals surface area contributed by atoms with Gasteiger partial charge >= 0.3 is 5.97 Å². The van der Waals surface area contributed by atoms with Crippen molar-refractivity contribution in [3.05, 3.63) is 70.9 Å². The first kappa shape index (κ1) is 17.7. The number of para-hydroxylation sites is 1. The van der Waals surface area contributed by atoms with E-state index in [4.69, 9.17) is 19.7 Å². The minimum Gasteiger partial charge on any atom is -0.497 e. The second-order valence-electron chi connectivity index (χ2n) is 6.51. The zero-order chi connectivity index (χ0) is 19.5. The Balaban J connectivity index is 1.83. The second kappa shape index (κ2) is 7.53. The zero-order valence-electron chi connectivity index (χ0n) is 15.4. The lowest BCUT2D eigenvalue weighted by Gasteiger charge is -2.11. The molecule has 0 spiro atoms. The predicted octanol–water partition coefficient (Wildman–Crippen LogP) is 4.41. The van der Waals surface area contributed by atoms with Gasteiger partial charge in [-0.25, -0.2) is 9.78 Å². The van der Waals surface area contributed by atoms with Crippen molar-refractivity contribution in [3.63, 3.8) is 0 Å². The third-order valence-electron chi connectivity index (χ3n) is 4.87. The molecule has 0 fully saturated rings. The quantitative estimate of drug-likeness (QED) is 0.636. The molecule has 0 saturated carbocycles. The zero-order valence-corrected chi connectivity index (χ0v) is 15.4. The molecular formula is C23H18N2O3. The number of nitriles is 1. The SMILES string of the molecule is COc1ccc(/C=C2\CCc3c2nc2ccccc2c3C(=O)OCC#N)cc1. The molecule has 5 heteroatoms. The Morgan fingerprint density at radius 2 is 1.96 bits per heavy atom. The van der Waals surface area contributed by atoms with Gasteiger partial charge in [-0.1, -0.05) is 30.3 Å². The van der Waals surface area contributed by atoms with Crippen molar-refractivity contribution in [3.8, 4) is 11.8 Å². The maximum absolute atomic E-state index is 12.7. The molecule has 0 saturated heterocycles. The number of nitrogens with zero attached hydrogens (tertiary/aromatic N) is 2. The van der Waals surface area contributed by atoms with Crippen molar-refractivity contribution >= 4 is 28.5 Å². The summed E-state index contributed by atoms with van der Waals surface area (Å²) in [6, 6.07) is 17.2. The van der Waals surface area contributed by atoms with Crippen LogP contribution in [0.5, 0.6) is 5.75 Å². The molecule has 138 valence electrons. The summed E-state index contributed by atoms with van der Waals surface area (Å²) in [6.45, 7) is -0.265. The minimum atomic E-state index is -0.470. The largest absolute Gasteiger partial charge is 0.497 e. The van der Waals surface area contributed by atoms with E-state index in [9.17, 15) is 4.79 Å². The van der Waals surface area contributed by atoms with Crippen LogP contribution in [0, 0.1) is 11.3 Å². The third-order valence-corrected chi connectivity index (χ3v) is 4.87. The van der Waals surface area contributed by atoms with Gasteiger partial charge in [0.15, 0.2) is 6.61 Å². The number of carbonyl (C=O) groups excluding carboxylic acids is 1. The van der Waals surface area contributed by atoms with Gasteiger partial charge in [-0.15, -0.1) is 0 Å². The summed E-state index contributed by atoms with van der Waals surface area (Å²) >= 11 is 0. The van der Waals surface area contributed by atoms with Gasteiger partial charge < -0.3 is 9.47 Å². The first-order valence-electron chi connectivity index (χ1n) is 9.02. The van der Waals surface area contributed by atoms with Crippen LogP contribution in [0.15, 0.2) is 48.5 Å². The Labute approximate surface area is 162 Å². The van der Waals surface area contributed by atoms with E-state index in [1.807, 2.05) is 54.6 Å². The monoisotopic (exact) mass is 370 g/mol. The molecular weight excluding hydrogens is 352 g/mol. The van der Waals surface area contributed by atoms with Crippen molar-refractivity contribution < 1.29 is 14.3 Å². The number of aromatic nitrogens is 1. The summed E-state index contributed by atoms with van der Waals surface area (Å²) in [5.41, 5.74) is 5.12. The fourth-order valence-corrected chi connectivity index (χ4v) is 3.58. The van der Waals surface area contributed by atoms with Gasteiger partial charge in [0.05, 0.1) is 23.9 Å². The lowest BCUT2D eigenvalue weighted by Crippen LogP contribution is -2.10. The molecule has 1 heterocycles. The summed E-state index contributed by atoms with van der Waals surface area (Å²) < 4.78 is 10.3. The van der Waals surface area contributed by atoms with Crippen LogP contribution >= 0.6 is 0 Å². The van der Waals surface area contributed by atoms with Crippen molar-refractivity contribution in [1.29, 1.82) is 5.26 Å². The van der Waals surface area contributed by atoms with Crippen LogP contribution in [0.2, 0.25) is 0 Å². The number of benzene rings is 2. The fourth-order valence-electron chi connectivity index (χ4n) is 3.58. The Morgan fingerprint density at radius 3 is 2.71 bits per heavy atom. The van der Waals surface area contributed by atoms with Crippen molar-refractivity contribution in [2.75, 3.05) is 13.7 Å². The Kier molecular flexibility index (Phi) is 4.77. The molecule has 1 aliphatic carbocycles. The summed E-state index contributed by atoms with van der Waals surface area (Å²) in [5.74, 6) is 0.336. The first-order valence-corrected chi connectivity index (χ1v) is 9.02. The molecule has 0 N–H and O–H groups in total. The topological polar surface area (TPSA) is 72.2 Å². The van der Waals surface area contributed by atoms with Crippen LogP contribution in [0.1, 0.15) is 33.6 Å². The van der Waals surface area contributed by atoms with E-state index in [0.29, 0.717) is 12.0 Å². The number of esters is 1. The van der Waals surface area contributed by atoms with Gasteiger partial charge in [0.25, 0.3) is 0 Å². The normalized spacial score (nSPS) is 13.9. The molecule has 5 nitrogen and oxygen atoms in total. The Morgan fingerprint density at radius 1 is 1.18 bits per heavy atom. The molecule has 2 aromatic carbocycles. The summed E-state index contributed by atoms with van der Waals surface area (Å²) in [5, 5.41) is 9.51. The fraction of sp³-hybridized carbons (Fsp3) is 0.174. The molecule has 0 radical (unpaired) electrons. The highest BCUT2D eigenvalue weighted by molar-refractivity contribution is 6.07. The summed E-state index contributed by atoms with van der Waals surface area (Å²) in [4.78, 5) is 17.5. The van der Waals surface area contributed by atoms with E-state index in [-0.39, 0.29) is 6.61 Å². The molecule has 0 unspecified atom stereocenters. The van der Waals surface area contributed by atoms with Crippen LogP contribution in [-0.4, -0.2) is 24.7 Å². The number of hydrogen-bond donors (Lipinski definition) is 0. The van der Waals surface area contributed by atoms with Gasteiger partial charge in [-0.2, -0.15) is 5.26 Å². The molecule has 0 amide bonds. The number of carbonyl (C=O) groups is 1. The number of hydrogen-bond acceptors (Lipinski definition) is 5. The van der Waals surface area contributed by atoms with Crippen LogP contribution in [0.25, 0.3) is 22.6 Å². The molecule has 0 atom stereocenters. The smallest absolute Gasteiger partial charge is 0.340 e. The first-order chi connectivity index (χ1) is 13.7. The van der Waals surface area contributed by atoms with Gasteiger partial charge in [0, 0.05) is 5.39 Å². The van der Waals surface area contributed by atoms with E-state index in [0.717, 1.165) is 45.5 Å². The van der Waals surface area contributed by atoms with Gasteiger partial charge in [-0.3, -0.25) is 0 Å². The third kappa shape index (κ3) is 3.21. The molecule has 0 aliphatic heterocycles. The van der Waals surface area contributed by atoms with Gasteiger partial charge in [0.2, 0.25) is 0 Å². The van der Waals surface area contributed by atoms with E-state index in [2.05, 4.69) is 6.08 Å². The number of allylic oxidation sites excluding steroid dienone is 1. The highest BCUT2D eigenvalue weighted by Crippen LogP contribution is 2.37. The Bertz CT molecular complexity index is 1130. The van der Waals surface area contributed by atoms with Crippen LogP contribution in [0.4, 0.5) is 0 Å². The van der Waals surface area contributed by atoms with E-state index in [1.54, 1.807) is 7.11 Å². The van der Waals surface area contributed by atoms with Gasteiger partial charge in [0.1, 0.15) is 11.8 Å². The lowest BCUT2D eigenvalue weighted by atomic mass is 10.0. The summed E-state index contributed by atoms with van der Waals surface area (Å²) in [7, 11) is 1.64. The highest BCUT2D eigenvalue weighted by atomic mass is 16.5. The number of ether oxygens (including phenoxy) is 2. The van der Waals surface area contributed by atoms with Crippen LogP contribution in [-0.2, 0) is 11.2 Å². The predicted molar refractivity (Wildman–Crippen MR) is 107 cm³/mol. The van der Waals surface area contributed by atoms with Crippen molar-refractivity contribution in [2.24, 2.45) is 0 Å². The molecule has 28 heavy (non-hydrogen) atoms. The van der Waals surface area contributed by atoms with Gasteiger partial charge in [-0.05, 0) is 53.8 Å². The minimum absolute atomic E-state index is 0.265. The number of rotatable bonds is 4. The van der Waals surface area contributed by atoms with E-state index >= 15 is 0 Å². The highest BCUT2D eigenvalue weighted by Gasteiger charge is 2.27. The summed E-state index contributed by atoms with van der Waals surface area (Å²) in [6.07, 6.45) is 3.60. The lowest BCUT2D eigenvalue weighted by molar-refractivity contribution is 0.0556. The van der Waals surface area contributed by atoms with Crippen LogP contribution < -0.4 is 4.74 Å². The average molecular weight is 370 g/mol.